The summed E-state index contributed by atoms with van der Waals surface area (Å²) in [7, 11) is 2.43. The van der Waals surface area contributed by atoms with E-state index in [0.29, 0.717) is 13.1 Å². The second-order valence-electron chi connectivity index (χ2n) is 4.81. The smallest absolute Gasteiger partial charge is 0.215 e. The topological polar surface area (TPSA) is 61.4 Å². The van der Waals surface area contributed by atoms with E-state index >= 15 is 0 Å². The van der Waals surface area contributed by atoms with Gasteiger partial charge < -0.3 is 10.2 Å². The molecule has 0 aliphatic carbocycles. The van der Waals surface area contributed by atoms with E-state index < -0.39 is 10.0 Å². The van der Waals surface area contributed by atoms with Crippen molar-refractivity contribution in [2.24, 2.45) is 0 Å². The molecule has 5 nitrogen and oxygen atoms in total. The molecule has 0 heterocycles. The minimum Gasteiger partial charge on any atom is -0.316 e. The van der Waals surface area contributed by atoms with E-state index in [-0.39, 0.29) is 5.75 Å². The lowest BCUT2D eigenvalue weighted by atomic mass is 10.1. The van der Waals surface area contributed by atoms with Gasteiger partial charge in [0.2, 0.25) is 10.0 Å². The number of hydrogen-bond acceptors (Lipinski definition) is 4. The first kappa shape index (κ1) is 16.1. The summed E-state index contributed by atoms with van der Waals surface area (Å²) in [5.41, 5.74) is 1.90. The molecule has 1 aromatic rings. The van der Waals surface area contributed by atoms with Gasteiger partial charge in [-0.15, -0.1) is 0 Å². The summed E-state index contributed by atoms with van der Waals surface area (Å²) in [5, 5.41) is 3.05. The van der Waals surface area contributed by atoms with Crippen LogP contribution in [-0.2, 0) is 22.3 Å². The Morgan fingerprint density at radius 1 is 1.21 bits per heavy atom. The van der Waals surface area contributed by atoms with E-state index in [2.05, 4.69) is 10.0 Å². The lowest BCUT2D eigenvalue weighted by Gasteiger charge is -2.11. The van der Waals surface area contributed by atoms with Crippen LogP contribution in [0.4, 0.5) is 0 Å². The minimum atomic E-state index is -3.26. The maximum absolute atomic E-state index is 11.9. The Kier molecular flexibility index (Phi) is 6.44. The second-order valence-corrected chi connectivity index (χ2v) is 6.61. The van der Waals surface area contributed by atoms with E-state index in [1.165, 1.54) is 0 Å². The molecule has 0 spiro atoms. The van der Waals surface area contributed by atoms with Crippen LogP contribution in [0.5, 0.6) is 0 Å². The van der Waals surface area contributed by atoms with Crippen LogP contribution in [0, 0.1) is 0 Å². The lowest BCUT2D eigenvalue weighted by Crippen LogP contribution is -2.32. The fourth-order valence-corrected chi connectivity index (χ4v) is 2.85. The Morgan fingerprint density at radius 2 is 1.89 bits per heavy atom. The molecular formula is C13H23N3O2S. The van der Waals surface area contributed by atoms with Crippen molar-refractivity contribution in [3.8, 4) is 0 Å². The van der Waals surface area contributed by atoms with E-state index in [9.17, 15) is 8.42 Å². The average molecular weight is 285 g/mol. The number of nitrogens with zero attached hydrogens (tertiary/aromatic N) is 1. The lowest BCUT2D eigenvalue weighted by molar-refractivity contribution is 0.412. The molecule has 0 amide bonds. The molecule has 0 saturated heterocycles. The van der Waals surface area contributed by atoms with Crippen molar-refractivity contribution in [2.75, 3.05) is 34.2 Å². The van der Waals surface area contributed by atoms with Crippen molar-refractivity contribution in [1.29, 1.82) is 0 Å². The molecular weight excluding hydrogens is 262 g/mol. The normalized spacial score (nSPS) is 12.0. The highest BCUT2D eigenvalue weighted by atomic mass is 32.2. The first-order valence-electron chi connectivity index (χ1n) is 6.27. The molecule has 0 aliphatic heterocycles. The number of likely N-dealkylation sites (N-methyl/N-ethyl adjacent to an activating group) is 1. The molecule has 0 radical (unpaired) electrons. The van der Waals surface area contributed by atoms with Crippen molar-refractivity contribution in [3.63, 3.8) is 0 Å². The van der Waals surface area contributed by atoms with Crippen LogP contribution in [0.3, 0.4) is 0 Å². The van der Waals surface area contributed by atoms with Crippen molar-refractivity contribution in [3.05, 3.63) is 35.4 Å². The van der Waals surface area contributed by atoms with Crippen LogP contribution in [-0.4, -0.2) is 47.6 Å². The van der Waals surface area contributed by atoms with Gasteiger partial charge in [-0.25, -0.2) is 13.1 Å². The SMILES string of the molecule is CNCc1cccc(CS(=O)(=O)NCCN(C)C)c1. The maximum atomic E-state index is 11.9. The summed E-state index contributed by atoms with van der Waals surface area (Å²) in [4.78, 5) is 1.94. The molecule has 1 aromatic carbocycles. The summed E-state index contributed by atoms with van der Waals surface area (Å²) in [6, 6.07) is 7.62. The summed E-state index contributed by atoms with van der Waals surface area (Å²) in [5.74, 6) is 0.0258. The van der Waals surface area contributed by atoms with Gasteiger partial charge in [0, 0.05) is 19.6 Å². The number of rotatable bonds is 8. The summed E-state index contributed by atoms with van der Waals surface area (Å²) in [6.45, 7) is 1.87. The third kappa shape index (κ3) is 6.68. The third-order valence-corrected chi connectivity index (χ3v) is 3.97. The van der Waals surface area contributed by atoms with Crippen LogP contribution < -0.4 is 10.0 Å². The van der Waals surface area contributed by atoms with E-state index in [1.807, 2.05) is 50.3 Å². The van der Waals surface area contributed by atoms with Gasteiger partial charge in [-0.2, -0.15) is 0 Å². The molecule has 0 aliphatic rings. The Labute approximate surface area is 116 Å². The molecule has 2 N–H and O–H groups in total. The molecule has 0 bridgehead atoms. The molecule has 19 heavy (non-hydrogen) atoms. The fourth-order valence-electron chi connectivity index (χ4n) is 1.73. The molecule has 0 aromatic heterocycles. The molecule has 0 saturated carbocycles. The number of benzene rings is 1. The zero-order valence-electron chi connectivity index (χ0n) is 11.8. The number of sulfonamides is 1. The Bertz CT molecular complexity index is 486. The highest BCUT2D eigenvalue weighted by molar-refractivity contribution is 7.88. The van der Waals surface area contributed by atoms with Crippen LogP contribution in [0.1, 0.15) is 11.1 Å². The van der Waals surface area contributed by atoms with Crippen LogP contribution in [0.2, 0.25) is 0 Å². The summed E-state index contributed by atoms with van der Waals surface area (Å²) in [6.07, 6.45) is 0. The van der Waals surface area contributed by atoms with Crippen LogP contribution >= 0.6 is 0 Å². The van der Waals surface area contributed by atoms with E-state index in [4.69, 9.17) is 0 Å². The zero-order chi connectivity index (χ0) is 14.3. The molecule has 0 unspecified atom stereocenters. The Hall–Kier alpha value is -0.950. The Morgan fingerprint density at radius 3 is 2.53 bits per heavy atom. The molecule has 1 rings (SSSR count). The first-order valence-corrected chi connectivity index (χ1v) is 7.92. The number of nitrogens with one attached hydrogen (secondary N) is 2. The largest absolute Gasteiger partial charge is 0.316 e. The average Bonchev–Trinajstić information content (AvgIpc) is 2.28. The van der Waals surface area contributed by atoms with Gasteiger partial charge in [0.15, 0.2) is 0 Å². The number of hydrogen-bond donors (Lipinski definition) is 2. The van der Waals surface area contributed by atoms with Crippen molar-refractivity contribution in [2.45, 2.75) is 12.3 Å². The van der Waals surface area contributed by atoms with Crippen molar-refractivity contribution >= 4 is 10.0 Å². The molecule has 0 atom stereocenters. The van der Waals surface area contributed by atoms with Crippen molar-refractivity contribution < 1.29 is 8.42 Å². The van der Waals surface area contributed by atoms with E-state index in [1.54, 1.807) is 0 Å². The van der Waals surface area contributed by atoms with Gasteiger partial charge in [0.25, 0.3) is 0 Å². The third-order valence-electron chi connectivity index (χ3n) is 2.61. The van der Waals surface area contributed by atoms with Crippen LogP contribution in [0.15, 0.2) is 24.3 Å². The predicted octanol–water partition coefficient (Wildman–Crippen LogP) is 0.387. The van der Waals surface area contributed by atoms with Gasteiger partial charge in [0.1, 0.15) is 0 Å². The van der Waals surface area contributed by atoms with Gasteiger partial charge in [-0.05, 0) is 32.3 Å². The summed E-state index contributed by atoms with van der Waals surface area (Å²) < 4.78 is 26.4. The highest BCUT2D eigenvalue weighted by Crippen LogP contribution is 2.08. The summed E-state index contributed by atoms with van der Waals surface area (Å²) >= 11 is 0. The van der Waals surface area contributed by atoms with Crippen LogP contribution in [0.25, 0.3) is 0 Å². The quantitative estimate of drug-likeness (QED) is 0.725. The monoisotopic (exact) mass is 285 g/mol. The van der Waals surface area contributed by atoms with E-state index in [0.717, 1.165) is 17.7 Å². The Balaban J connectivity index is 2.59. The van der Waals surface area contributed by atoms with Gasteiger partial charge >= 0.3 is 0 Å². The maximum Gasteiger partial charge on any atom is 0.215 e. The van der Waals surface area contributed by atoms with Gasteiger partial charge in [-0.1, -0.05) is 24.3 Å². The highest BCUT2D eigenvalue weighted by Gasteiger charge is 2.11. The molecule has 6 heteroatoms. The molecule has 0 fully saturated rings. The van der Waals surface area contributed by atoms with Crippen molar-refractivity contribution in [1.82, 2.24) is 14.9 Å². The minimum absolute atomic E-state index is 0.0258. The predicted molar refractivity (Wildman–Crippen MR) is 78.4 cm³/mol. The van der Waals surface area contributed by atoms with Gasteiger partial charge in [0.05, 0.1) is 5.75 Å². The molecule has 108 valence electrons. The zero-order valence-corrected chi connectivity index (χ0v) is 12.6. The standard InChI is InChI=1S/C13H23N3O2S/c1-14-10-12-5-4-6-13(9-12)11-19(17,18)15-7-8-16(2)3/h4-6,9,14-15H,7-8,10-11H2,1-3H3. The fraction of sp³-hybridized carbons (Fsp3) is 0.538. The van der Waals surface area contributed by atoms with Gasteiger partial charge in [-0.3, -0.25) is 0 Å². The second kappa shape index (κ2) is 7.59. The first-order chi connectivity index (χ1) is 8.93.